The Balaban J connectivity index is 1.64. The van der Waals surface area contributed by atoms with E-state index in [0.29, 0.717) is 58.8 Å². The van der Waals surface area contributed by atoms with Gasteiger partial charge in [-0.3, -0.25) is 9.59 Å². The zero-order chi connectivity index (χ0) is 24.3. The number of hydrogen-bond acceptors (Lipinski definition) is 4. The molecule has 0 saturated carbocycles. The Kier molecular flexibility index (Phi) is 6.90. The van der Waals surface area contributed by atoms with Crippen LogP contribution in [-0.2, 0) is 9.53 Å². The number of fused-ring (bicyclic) bond motifs is 1. The van der Waals surface area contributed by atoms with Crippen molar-refractivity contribution in [2.45, 2.75) is 46.6 Å². The molecular formula is C24H29FN4O4. The van der Waals surface area contributed by atoms with Gasteiger partial charge in [0.25, 0.3) is 11.8 Å². The summed E-state index contributed by atoms with van der Waals surface area (Å²) in [7, 11) is 0. The molecule has 176 valence electrons. The normalized spacial score (nSPS) is 14.1. The maximum absolute atomic E-state index is 13.7. The van der Waals surface area contributed by atoms with E-state index in [9.17, 15) is 18.8 Å². The highest BCUT2D eigenvalue weighted by Crippen LogP contribution is 2.34. The zero-order valence-electron chi connectivity index (χ0n) is 19.4. The molecule has 0 atom stereocenters. The fourth-order valence-corrected chi connectivity index (χ4v) is 3.59. The fourth-order valence-electron chi connectivity index (χ4n) is 3.59. The molecule has 3 amide bonds. The van der Waals surface area contributed by atoms with Crippen molar-refractivity contribution in [2.75, 3.05) is 18.4 Å². The number of halogens is 1. The first-order valence-corrected chi connectivity index (χ1v) is 10.7. The van der Waals surface area contributed by atoms with Crippen LogP contribution in [0, 0.1) is 19.7 Å². The number of aryl methyl sites for hydroxylation is 1. The number of anilines is 1. The van der Waals surface area contributed by atoms with Crippen LogP contribution < -0.4 is 16.0 Å². The second kappa shape index (κ2) is 9.48. The van der Waals surface area contributed by atoms with E-state index in [1.54, 1.807) is 40.7 Å². The summed E-state index contributed by atoms with van der Waals surface area (Å²) in [5.74, 6) is -1.02. The van der Waals surface area contributed by atoms with Gasteiger partial charge in [-0.15, -0.1) is 0 Å². The minimum Gasteiger partial charge on any atom is -0.444 e. The van der Waals surface area contributed by atoms with Crippen LogP contribution >= 0.6 is 0 Å². The molecule has 0 unspecified atom stereocenters. The number of rotatable bonds is 6. The third kappa shape index (κ3) is 5.79. The van der Waals surface area contributed by atoms with Gasteiger partial charge in [0, 0.05) is 35.7 Å². The summed E-state index contributed by atoms with van der Waals surface area (Å²) >= 11 is 0. The highest BCUT2D eigenvalue weighted by molar-refractivity contribution is 6.34. The Morgan fingerprint density at radius 2 is 1.85 bits per heavy atom. The van der Waals surface area contributed by atoms with Crippen LogP contribution in [0.3, 0.4) is 0 Å². The van der Waals surface area contributed by atoms with Gasteiger partial charge in [0.2, 0.25) is 0 Å². The number of H-pyrrole nitrogens is 1. The van der Waals surface area contributed by atoms with Gasteiger partial charge in [-0.05, 0) is 70.9 Å². The first kappa shape index (κ1) is 24.0. The molecule has 0 saturated heterocycles. The predicted molar refractivity (Wildman–Crippen MR) is 124 cm³/mol. The lowest BCUT2D eigenvalue weighted by molar-refractivity contribution is -0.110. The Labute approximate surface area is 192 Å². The lowest BCUT2D eigenvalue weighted by Gasteiger charge is -2.19. The number of hydrogen-bond donors (Lipinski definition) is 4. The van der Waals surface area contributed by atoms with E-state index in [1.165, 1.54) is 18.2 Å². The molecular weight excluding hydrogens is 427 g/mol. The van der Waals surface area contributed by atoms with E-state index in [-0.39, 0.29) is 11.8 Å². The number of nitrogens with one attached hydrogen (secondary N) is 4. The average Bonchev–Trinajstić information content (AvgIpc) is 3.15. The molecule has 9 heteroatoms. The number of aromatic amines is 1. The van der Waals surface area contributed by atoms with Crippen LogP contribution in [0.25, 0.3) is 11.6 Å². The molecule has 2 heterocycles. The van der Waals surface area contributed by atoms with Crippen LogP contribution in [0.15, 0.2) is 18.2 Å². The Morgan fingerprint density at radius 1 is 1.15 bits per heavy atom. The van der Waals surface area contributed by atoms with Crippen molar-refractivity contribution in [2.24, 2.45) is 0 Å². The van der Waals surface area contributed by atoms with Crippen LogP contribution in [0.2, 0.25) is 0 Å². The maximum atomic E-state index is 13.7. The van der Waals surface area contributed by atoms with Gasteiger partial charge >= 0.3 is 6.09 Å². The number of alkyl carbamates (subject to hydrolysis) is 1. The summed E-state index contributed by atoms with van der Waals surface area (Å²) < 4.78 is 18.9. The molecule has 1 aromatic heterocycles. The third-order valence-corrected chi connectivity index (χ3v) is 5.06. The van der Waals surface area contributed by atoms with E-state index < -0.39 is 17.5 Å². The van der Waals surface area contributed by atoms with Gasteiger partial charge in [0.1, 0.15) is 11.4 Å². The number of aromatic nitrogens is 1. The molecule has 33 heavy (non-hydrogen) atoms. The minimum atomic E-state index is -0.565. The second-order valence-electron chi connectivity index (χ2n) is 8.90. The highest BCUT2D eigenvalue weighted by Gasteiger charge is 2.26. The molecule has 8 nitrogen and oxygen atoms in total. The standard InChI is InChI=1S/C24H29FN4O4/c1-13-19(12-17-16-11-15(25)7-8-18(16)29-21(17)30)28-14(2)20(13)22(31)26-9-6-10-27-23(32)33-24(3,4)5/h7-8,11-12,28H,6,9-10H2,1-5H3,(H,26,31)(H,27,32)(H,29,30)/b17-12-. The number of amides is 3. The van der Waals surface area contributed by atoms with E-state index in [0.717, 1.165) is 0 Å². The van der Waals surface area contributed by atoms with Gasteiger partial charge < -0.3 is 25.7 Å². The van der Waals surface area contributed by atoms with Crippen molar-refractivity contribution in [3.63, 3.8) is 0 Å². The average molecular weight is 457 g/mol. The van der Waals surface area contributed by atoms with E-state index in [2.05, 4.69) is 20.9 Å². The molecule has 1 aromatic carbocycles. The maximum Gasteiger partial charge on any atom is 0.407 e. The topological polar surface area (TPSA) is 112 Å². The molecule has 0 aliphatic carbocycles. The van der Waals surface area contributed by atoms with Gasteiger partial charge in [0.15, 0.2) is 0 Å². The van der Waals surface area contributed by atoms with Gasteiger partial charge in [0.05, 0.1) is 11.1 Å². The number of ether oxygens (including phenoxy) is 1. The van der Waals surface area contributed by atoms with Gasteiger partial charge in [-0.25, -0.2) is 9.18 Å². The molecule has 1 aliphatic heterocycles. The zero-order valence-corrected chi connectivity index (χ0v) is 19.4. The molecule has 0 spiro atoms. The molecule has 0 bridgehead atoms. The summed E-state index contributed by atoms with van der Waals surface area (Å²) in [5.41, 5.74) is 3.22. The quantitative estimate of drug-likeness (QED) is 0.390. The lowest BCUT2D eigenvalue weighted by Crippen LogP contribution is -2.34. The van der Waals surface area contributed by atoms with Crippen molar-refractivity contribution >= 4 is 35.2 Å². The van der Waals surface area contributed by atoms with Crippen molar-refractivity contribution < 1.29 is 23.5 Å². The highest BCUT2D eigenvalue weighted by atomic mass is 19.1. The van der Waals surface area contributed by atoms with Crippen molar-refractivity contribution in [3.8, 4) is 0 Å². The monoisotopic (exact) mass is 456 g/mol. The van der Waals surface area contributed by atoms with Crippen LogP contribution in [0.5, 0.6) is 0 Å². The van der Waals surface area contributed by atoms with Crippen molar-refractivity contribution in [1.82, 2.24) is 15.6 Å². The van der Waals surface area contributed by atoms with E-state index in [4.69, 9.17) is 4.74 Å². The largest absolute Gasteiger partial charge is 0.444 e. The smallest absolute Gasteiger partial charge is 0.407 e. The van der Waals surface area contributed by atoms with Crippen LogP contribution in [0.4, 0.5) is 14.9 Å². The summed E-state index contributed by atoms with van der Waals surface area (Å²) in [6.45, 7) is 9.65. The minimum absolute atomic E-state index is 0.259. The first-order chi connectivity index (χ1) is 15.5. The fraction of sp³-hybridized carbons (Fsp3) is 0.375. The predicted octanol–water partition coefficient (Wildman–Crippen LogP) is 3.91. The number of benzene rings is 1. The lowest BCUT2D eigenvalue weighted by atomic mass is 10.0. The van der Waals surface area contributed by atoms with Gasteiger partial charge in [-0.1, -0.05) is 0 Å². The van der Waals surface area contributed by atoms with Crippen LogP contribution in [0.1, 0.15) is 60.1 Å². The molecule has 0 fully saturated rings. The molecule has 1 aliphatic rings. The van der Waals surface area contributed by atoms with E-state index in [1.807, 2.05) is 0 Å². The number of carbonyl (C=O) groups excluding carboxylic acids is 3. The summed E-state index contributed by atoms with van der Waals surface area (Å²) in [6, 6.07) is 4.12. The van der Waals surface area contributed by atoms with Crippen molar-refractivity contribution in [3.05, 3.63) is 52.1 Å². The third-order valence-electron chi connectivity index (χ3n) is 5.06. The molecule has 0 radical (unpaired) electrons. The van der Waals surface area contributed by atoms with Gasteiger partial charge in [-0.2, -0.15) is 0 Å². The Morgan fingerprint density at radius 3 is 2.55 bits per heavy atom. The van der Waals surface area contributed by atoms with Crippen molar-refractivity contribution in [1.29, 1.82) is 0 Å². The summed E-state index contributed by atoms with van der Waals surface area (Å²) in [5, 5.41) is 8.20. The molecule has 2 aromatic rings. The molecule has 4 N–H and O–H groups in total. The Hall–Kier alpha value is -3.62. The number of carbonyl (C=O) groups is 3. The SMILES string of the molecule is Cc1[nH]c(/C=C2\C(=O)Nc3ccc(F)cc32)c(C)c1C(=O)NCCCNC(=O)OC(C)(C)C. The molecule has 3 rings (SSSR count). The van der Waals surface area contributed by atoms with Crippen LogP contribution in [-0.4, -0.2) is 41.6 Å². The summed E-state index contributed by atoms with van der Waals surface area (Å²) in [4.78, 5) is 39.9. The summed E-state index contributed by atoms with van der Waals surface area (Å²) in [6.07, 6.45) is 1.67. The second-order valence-corrected chi connectivity index (χ2v) is 8.90. The Bertz CT molecular complexity index is 1130. The first-order valence-electron chi connectivity index (χ1n) is 10.7. The van der Waals surface area contributed by atoms with E-state index >= 15 is 0 Å².